The molecule has 1 aromatic carbocycles. The number of rotatable bonds is 4. The van der Waals surface area contributed by atoms with Crippen molar-refractivity contribution in [3.05, 3.63) is 34.7 Å². The predicted molar refractivity (Wildman–Crippen MR) is 82.9 cm³/mol. The maximum atomic E-state index is 12.1. The molecule has 0 bridgehead atoms. The number of ether oxygens (including phenoxy) is 1. The van der Waals surface area contributed by atoms with Crippen LogP contribution in [0.4, 0.5) is 4.79 Å². The summed E-state index contributed by atoms with van der Waals surface area (Å²) in [6.07, 6.45) is 3.62. The third-order valence-electron chi connectivity index (χ3n) is 2.80. The number of benzene rings is 1. The van der Waals surface area contributed by atoms with Gasteiger partial charge in [-0.2, -0.15) is 0 Å². The van der Waals surface area contributed by atoms with Crippen molar-refractivity contribution in [3.63, 3.8) is 0 Å². The Hall–Kier alpha value is -1.73. The van der Waals surface area contributed by atoms with Gasteiger partial charge in [-0.1, -0.05) is 12.1 Å². The van der Waals surface area contributed by atoms with Gasteiger partial charge in [0.2, 0.25) is 0 Å². The van der Waals surface area contributed by atoms with Gasteiger partial charge in [-0.05, 0) is 41.8 Å². The lowest BCUT2D eigenvalue weighted by molar-refractivity contribution is -0.143. The molecule has 110 valence electrons. The Morgan fingerprint density at radius 2 is 2.00 bits per heavy atom. The van der Waals surface area contributed by atoms with E-state index >= 15 is 0 Å². The van der Waals surface area contributed by atoms with Crippen molar-refractivity contribution < 1.29 is 19.1 Å². The van der Waals surface area contributed by atoms with Gasteiger partial charge in [0.05, 0.1) is 12.0 Å². The molecule has 0 spiro atoms. The normalized spacial score (nSPS) is 16.7. The van der Waals surface area contributed by atoms with E-state index in [-0.39, 0.29) is 6.54 Å². The highest BCUT2D eigenvalue weighted by atomic mass is 32.2. The van der Waals surface area contributed by atoms with E-state index in [0.29, 0.717) is 4.91 Å². The number of thioether (sulfide) groups is 2. The highest BCUT2D eigenvalue weighted by Crippen LogP contribution is 2.32. The molecule has 1 aromatic rings. The van der Waals surface area contributed by atoms with Crippen LogP contribution >= 0.6 is 23.5 Å². The fourth-order valence-electron chi connectivity index (χ4n) is 1.68. The SMILES string of the molecule is COC(=O)CN1C(=O)S/C(=C\c2ccc(SC)cc2)C1=O. The Bertz CT molecular complexity index is 610. The topological polar surface area (TPSA) is 63.7 Å². The quantitative estimate of drug-likeness (QED) is 0.482. The number of amides is 2. The number of carbonyl (C=O) groups is 3. The second kappa shape index (κ2) is 6.82. The van der Waals surface area contributed by atoms with Crippen LogP contribution < -0.4 is 0 Å². The fraction of sp³-hybridized carbons (Fsp3) is 0.214. The Morgan fingerprint density at radius 1 is 1.33 bits per heavy atom. The zero-order chi connectivity index (χ0) is 15.4. The second-order valence-electron chi connectivity index (χ2n) is 4.12. The van der Waals surface area contributed by atoms with Crippen LogP contribution in [0.5, 0.6) is 0 Å². The number of hydrogen-bond donors (Lipinski definition) is 0. The van der Waals surface area contributed by atoms with Crippen LogP contribution in [0, 0.1) is 0 Å². The van der Waals surface area contributed by atoms with E-state index in [0.717, 1.165) is 27.1 Å². The first-order valence-electron chi connectivity index (χ1n) is 6.01. The van der Waals surface area contributed by atoms with Crippen LogP contribution in [0.1, 0.15) is 5.56 Å². The van der Waals surface area contributed by atoms with E-state index in [1.165, 1.54) is 7.11 Å². The van der Waals surface area contributed by atoms with E-state index in [4.69, 9.17) is 0 Å². The van der Waals surface area contributed by atoms with Gasteiger partial charge in [0.15, 0.2) is 0 Å². The molecule has 1 aliphatic rings. The van der Waals surface area contributed by atoms with Crippen LogP contribution in [0.15, 0.2) is 34.1 Å². The minimum Gasteiger partial charge on any atom is -0.468 e. The summed E-state index contributed by atoms with van der Waals surface area (Å²) in [5, 5.41) is -0.461. The largest absolute Gasteiger partial charge is 0.468 e. The third kappa shape index (κ3) is 3.68. The summed E-state index contributed by atoms with van der Waals surface area (Å²) >= 11 is 2.45. The van der Waals surface area contributed by atoms with Gasteiger partial charge in [-0.25, -0.2) is 0 Å². The van der Waals surface area contributed by atoms with Gasteiger partial charge >= 0.3 is 5.97 Å². The Balaban J connectivity index is 2.17. The molecule has 0 radical (unpaired) electrons. The Labute approximate surface area is 130 Å². The van der Waals surface area contributed by atoms with Crippen molar-refractivity contribution in [3.8, 4) is 0 Å². The van der Waals surface area contributed by atoms with Crippen LogP contribution in [0.3, 0.4) is 0 Å². The summed E-state index contributed by atoms with van der Waals surface area (Å²) < 4.78 is 4.47. The fourth-order valence-corrected chi connectivity index (χ4v) is 2.93. The summed E-state index contributed by atoms with van der Waals surface area (Å²) in [4.78, 5) is 37.4. The van der Waals surface area contributed by atoms with Crippen molar-refractivity contribution in [1.82, 2.24) is 4.90 Å². The summed E-state index contributed by atoms with van der Waals surface area (Å²) in [6.45, 7) is -0.357. The number of imide groups is 1. The molecule has 5 nitrogen and oxygen atoms in total. The number of methoxy groups -OCH3 is 1. The van der Waals surface area contributed by atoms with E-state index in [2.05, 4.69) is 4.74 Å². The lowest BCUT2D eigenvalue weighted by atomic mass is 10.2. The molecule has 2 rings (SSSR count). The molecular formula is C14H13NO4S2. The molecule has 0 saturated carbocycles. The lowest BCUT2D eigenvalue weighted by Crippen LogP contribution is -2.34. The molecule has 0 aromatic heterocycles. The van der Waals surface area contributed by atoms with Crippen LogP contribution in [-0.2, 0) is 14.3 Å². The van der Waals surface area contributed by atoms with E-state index in [9.17, 15) is 14.4 Å². The second-order valence-corrected chi connectivity index (χ2v) is 5.99. The van der Waals surface area contributed by atoms with E-state index in [1.54, 1.807) is 17.8 Å². The van der Waals surface area contributed by atoms with Crippen LogP contribution in [0.2, 0.25) is 0 Å². The van der Waals surface area contributed by atoms with Crippen molar-refractivity contribution in [2.45, 2.75) is 4.90 Å². The Kier molecular flexibility index (Phi) is 5.08. The van der Waals surface area contributed by atoms with Gasteiger partial charge in [-0.15, -0.1) is 11.8 Å². The molecule has 1 aliphatic heterocycles. The zero-order valence-corrected chi connectivity index (χ0v) is 13.1. The third-order valence-corrected chi connectivity index (χ3v) is 4.45. The summed E-state index contributed by atoms with van der Waals surface area (Å²) in [6, 6.07) is 7.63. The van der Waals surface area contributed by atoms with Gasteiger partial charge in [-0.3, -0.25) is 19.3 Å². The van der Waals surface area contributed by atoms with Crippen LogP contribution in [0.25, 0.3) is 6.08 Å². The maximum Gasteiger partial charge on any atom is 0.325 e. The molecule has 0 N–H and O–H groups in total. The van der Waals surface area contributed by atoms with E-state index < -0.39 is 17.1 Å². The van der Waals surface area contributed by atoms with Crippen LogP contribution in [-0.4, -0.2) is 41.9 Å². The molecule has 1 heterocycles. The van der Waals surface area contributed by atoms with Gasteiger partial charge in [0, 0.05) is 4.90 Å². The van der Waals surface area contributed by atoms with Gasteiger partial charge < -0.3 is 4.74 Å². The highest BCUT2D eigenvalue weighted by molar-refractivity contribution is 8.18. The maximum absolute atomic E-state index is 12.1. The molecule has 2 amide bonds. The van der Waals surface area contributed by atoms with Crippen molar-refractivity contribution in [1.29, 1.82) is 0 Å². The first kappa shape index (κ1) is 15.7. The van der Waals surface area contributed by atoms with Gasteiger partial charge in [0.1, 0.15) is 6.54 Å². The number of hydrogen-bond acceptors (Lipinski definition) is 6. The molecule has 1 fully saturated rings. The highest BCUT2D eigenvalue weighted by Gasteiger charge is 2.36. The molecule has 7 heteroatoms. The molecule has 1 saturated heterocycles. The first-order valence-corrected chi connectivity index (χ1v) is 8.05. The molecule has 21 heavy (non-hydrogen) atoms. The van der Waals surface area contributed by atoms with Gasteiger partial charge in [0.25, 0.3) is 11.1 Å². The summed E-state index contributed by atoms with van der Waals surface area (Å²) in [5.41, 5.74) is 0.830. The number of esters is 1. The zero-order valence-electron chi connectivity index (χ0n) is 11.5. The van der Waals surface area contributed by atoms with Crippen molar-refractivity contribution >= 4 is 46.7 Å². The summed E-state index contributed by atoms with van der Waals surface area (Å²) in [7, 11) is 1.21. The van der Waals surface area contributed by atoms with Crippen molar-refractivity contribution in [2.24, 2.45) is 0 Å². The average Bonchev–Trinajstić information content (AvgIpc) is 2.75. The molecule has 0 aliphatic carbocycles. The minimum absolute atomic E-state index is 0.306. The van der Waals surface area contributed by atoms with E-state index in [1.807, 2.05) is 30.5 Å². The molecule has 0 atom stereocenters. The average molecular weight is 323 g/mol. The smallest absolute Gasteiger partial charge is 0.325 e. The first-order chi connectivity index (χ1) is 10.0. The number of nitrogens with zero attached hydrogens (tertiary/aromatic N) is 1. The standard InChI is InChI=1S/C14H13NO4S2/c1-19-12(16)8-15-13(17)11(21-14(15)18)7-9-3-5-10(20-2)6-4-9/h3-7H,8H2,1-2H3/b11-7-. The minimum atomic E-state index is -0.622. The van der Waals surface area contributed by atoms with Crippen molar-refractivity contribution in [2.75, 3.05) is 19.9 Å². The predicted octanol–water partition coefficient (Wildman–Crippen LogP) is 2.62. The monoisotopic (exact) mass is 323 g/mol. The molecule has 0 unspecified atom stereocenters. The Morgan fingerprint density at radius 3 is 2.57 bits per heavy atom. The number of carbonyl (C=O) groups excluding carboxylic acids is 3. The lowest BCUT2D eigenvalue weighted by Gasteiger charge is -2.09. The molecular weight excluding hydrogens is 310 g/mol. The summed E-state index contributed by atoms with van der Waals surface area (Å²) in [5.74, 6) is -1.09.